The van der Waals surface area contributed by atoms with Crippen LogP contribution in [0.15, 0.2) is 60.7 Å². The number of hydrogen-bond acceptors (Lipinski definition) is 3. The van der Waals surface area contributed by atoms with Crippen LogP contribution in [0.4, 0.5) is 0 Å². The molecule has 0 saturated carbocycles. The molecule has 1 unspecified atom stereocenters. The van der Waals surface area contributed by atoms with Crippen molar-refractivity contribution in [3.05, 3.63) is 71.9 Å². The van der Waals surface area contributed by atoms with Crippen molar-refractivity contribution >= 4 is 22.7 Å². The Morgan fingerprint density at radius 2 is 1.77 bits per heavy atom. The minimum Gasteiger partial charge on any atom is -0.394 e. The number of fused-ring (bicyclic) bond motifs is 1. The largest absolute Gasteiger partial charge is 0.394 e. The first-order valence-corrected chi connectivity index (χ1v) is 8.35. The molecule has 1 heterocycles. The van der Waals surface area contributed by atoms with Gasteiger partial charge in [-0.15, -0.1) is 0 Å². The van der Waals surface area contributed by atoms with Gasteiger partial charge in [0, 0.05) is 10.9 Å². The normalized spacial score (nSPS) is 13.2. The highest BCUT2D eigenvalue weighted by molar-refractivity contribution is 5.99. The van der Waals surface area contributed by atoms with Gasteiger partial charge in [-0.3, -0.25) is 9.59 Å². The van der Waals surface area contributed by atoms with Gasteiger partial charge < -0.3 is 20.7 Å². The number of aliphatic hydroxyl groups excluding tert-OH is 1. The Bertz CT molecular complexity index is 887. The number of amides is 2. The molecule has 1 atom stereocenters. The summed E-state index contributed by atoms with van der Waals surface area (Å²) in [7, 11) is 0. The molecular weight excluding hydrogens is 330 g/mol. The van der Waals surface area contributed by atoms with Crippen LogP contribution in [-0.2, 0) is 10.3 Å². The van der Waals surface area contributed by atoms with E-state index in [0.717, 1.165) is 16.5 Å². The van der Waals surface area contributed by atoms with Crippen molar-refractivity contribution in [1.29, 1.82) is 0 Å². The predicted molar refractivity (Wildman–Crippen MR) is 99.7 cm³/mol. The van der Waals surface area contributed by atoms with Gasteiger partial charge in [-0.25, -0.2) is 0 Å². The highest BCUT2D eigenvalue weighted by atomic mass is 16.3. The number of nitrogens with one attached hydrogen (secondary N) is 3. The molecule has 0 aliphatic rings. The average molecular weight is 351 g/mol. The first-order chi connectivity index (χ1) is 12.5. The van der Waals surface area contributed by atoms with Crippen LogP contribution >= 0.6 is 0 Å². The number of aromatic amines is 1. The van der Waals surface area contributed by atoms with Gasteiger partial charge >= 0.3 is 0 Å². The Morgan fingerprint density at radius 1 is 1.08 bits per heavy atom. The molecule has 0 spiro atoms. The Kier molecular flexibility index (Phi) is 5.04. The zero-order chi connectivity index (χ0) is 18.6. The molecule has 3 rings (SSSR count). The molecule has 2 amide bonds. The molecule has 0 fully saturated rings. The van der Waals surface area contributed by atoms with Gasteiger partial charge in [-0.2, -0.15) is 0 Å². The molecule has 3 aromatic rings. The summed E-state index contributed by atoms with van der Waals surface area (Å²) in [4.78, 5) is 27.5. The summed E-state index contributed by atoms with van der Waals surface area (Å²) < 4.78 is 0. The standard InChI is InChI=1S/C20H21N3O3/c1-20(13-24,15-8-3-2-4-9-15)23-18(25)12-21-19(26)17-11-14-7-5-6-10-16(14)22-17/h2-11,22,24H,12-13H2,1H3,(H,21,26)(H,23,25). The molecule has 26 heavy (non-hydrogen) atoms. The Morgan fingerprint density at radius 3 is 2.46 bits per heavy atom. The fourth-order valence-electron chi connectivity index (χ4n) is 2.81. The van der Waals surface area contributed by atoms with Crippen molar-refractivity contribution in [2.24, 2.45) is 0 Å². The van der Waals surface area contributed by atoms with Gasteiger partial charge in [-0.05, 0) is 24.6 Å². The molecule has 1 aromatic heterocycles. The summed E-state index contributed by atoms with van der Waals surface area (Å²) in [5.74, 6) is -0.739. The molecule has 0 bridgehead atoms. The second kappa shape index (κ2) is 7.41. The maximum Gasteiger partial charge on any atom is 0.268 e. The molecule has 2 aromatic carbocycles. The predicted octanol–water partition coefficient (Wildman–Crippen LogP) is 1.92. The smallest absolute Gasteiger partial charge is 0.268 e. The van der Waals surface area contributed by atoms with Crippen LogP contribution in [0.5, 0.6) is 0 Å². The third kappa shape index (κ3) is 3.75. The van der Waals surface area contributed by atoms with E-state index < -0.39 is 5.54 Å². The van der Waals surface area contributed by atoms with Crippen molar-refractivity contribution in [1.82, 2.24) is 15.6 Å². The maximum atomic E-state index is 12.3. The van der Waals surface area contributed by atoms with E-state index >= 15 is 0 Å². The number of benzene rings is 2. The van der Waals surface area contributed by atoms with Gasteiger partial charge in [-0.1, -0.05) is 48.5 Å². The minimum absolute atomic E-state index is 0.184. The third-order valence-corrected chi connectivity index (χ3v) is 4.33. The van der Waals surface area contributed by atoms with Crippen LogP contribution in [0, 0.1) is 0 Å². The summed E-state index contributed by atoms with van der Waals surface area (Å²) in [6.07, 6.45) is 0. The second-order valence-corrected chi connectivity index (χ2v) is 6.36. The first-order valence-electron chi connectivity index (χ1n) is 8.35. The van der Waals surface area contributed by atoms with E-state index in [1.807, 2.05) is 54.6 Å². The van der Waals surface area contributed by atoms with E-state index in [1.165, 1.54) is 0 Å². The average Bonchev–Trinajstić information content (AvgIpc) is 3.11. The van der Waals surface area contributed by atoms with Crippen LogP contribution in [-0.4, -0.2) is 35.1 Å². The Balaban J connectivity index is 1.62. The zero-order valence-electron chi connectivity index (χ0n) is 14.5. The van der Waals surface area contributed by atoms with Crippen LogP contribution in [0.3, 0.4) is 0 Å². The van der Waals surface area contributed by atoms with E-state index in [1.54, 1.807) is 13.0 Å². The highest BCUT2D eigenvalue weighted by Gasteiger charge is 2.27. The van der Waals surface area contributed by atoms with Gasteiger partial charge in [0.1, 0.15) is 5.69 Å². The second-order valence-electron chi connectivity index (χ2n) is 6.36. The number of carbonyl (C=O) groups excluding carboxylic acids is 2. The van der Waals surface area contributed by atoms with Crippen LogP contribution < -0.4 is 10.6 Å². The molecule has 0 radical (unpaired) electrons. The summed E-state index contributed by atoms with van der Waals surface area (Å²) in [5.41, 5.74) is 1.13. The van der Waals surface area contributed by atoms with Gasteiger partial charge in [0.05, 0.1) is 18.7 Å². The van der Waals surface area contributed by atoms with Crippen molar-refractivity contribution in [2.75, 3.05) is 13.2 Å². The van der Waals surface area contributed by atoms with E-state index in [4.69, 9.17) is 0 Å². The fourth-order valence-corrected chi connectivity index (χ4v) is 2.81. The van der Waals surface area contributed by atoms with Gasteiger partial charge in [0.25, 0.3) is 5.91 Å². The Labute approximate surface area is 151 Å². The van der Waals surface area contributed by atoms with Crippen molar-refractivity contribution in [3.8, 4) is 0 Å². The number of aromatic nitrogens is 1. The lowest BCUT2D eigenvalue weighted by Gasteiger charge is -2.29. The maximum absolute atomic E-state index is 12.3. The van der Waals surface area contributed by atoms with Crippen LogP contribution in [0.2, 0.25) is 0 Å². The molecular formula is C20H21N3O3. The third-order valence-electron chi connectivity index (χ3n) is 4.33. The lowest BCUT2D eigenvalue weighted by atomic mass is 9.93. The van der Waals surface area contributed by atoms with Crippen LogP contribution in [0.25, 0.3) is 10.9 Å². The van der Waals surface area contributed by atoms with Gasteiger partial charge in [0.15, 0.2) is 0 Å². The van der Waals surface area contributed by atoms with Crippen molar-refractivity contribution < 1.29 is 14.7 Å². The number of carbonyl (C=O) groups is 2. The van der Waals surface area contributed by atoms with Crippen molar-refractivity contribution in [2.45, 2.75) is 12.5 Å². The molecule has 0 aliphatic carbocycles. The summed E-state index contributed by atoms with van der Waals surface area (Å²) in [6, 6.07) is 18.5. The number of aliphatic hydroxyl groups is 1. The molecule has 134 valence electrons. The number of rotatable bonds is 6. The summed E-state index contributed by atoms with van der Waals surface area (Å²) in [5, 5.41) is 16.0. The molecule has 6 heteroatoms. The van der Waals surface area contributed by atoms with E-state index in [9.17, 15) is 14.7 Å². The topological polar surface area (TPSA) is 94.2 Å². The summed E-state index contributed by atoms with van der Waals surface area (Å²) >= 11 is 0. The monoisotopic (exact) mass is 351 g/mol. The Hall–Kier alpha value is -3.12. The van der Waals surface area contributed by atoms with Gasteiger partial charge in [0.2, 0.25) is 5.91 Å². The number of para-hydroxylation sites is 1. The molecule has 4 N–H and O–H groups in total. The van der Waals surface area contributed by atoms with Crippen molar-refractivity contribution in [3.63, 3.8) is 0 Å². The lowest BCUT2D eigenvalue weighted by Crippen LogP contribution is -2.49. The van der Waals surface area contributed by atoms with Crippen LogP contribution in [0.1, 0.15) is 23.0 Å². The quantitative estimate of drug-likeness (QED) is 0.546. The lowest BCUT2D eigenvalue weighted by molar-refractivity contribution is -0.122. The molecule has 0 aliphatic heterocycles. The number of hydrogen-bond donors (Lipinski definition) is 4. The van der Waals surface area contributed by atoms with E-state index in [2.05, 4.69) is 15.6 Å². The molecule has 6 nitrogen and oxygen atoms in total. The summed E-state index contributed by atoms with van der Waals surface area (Å²) in [6.45, 7) is 1.30. The SMILES string of the molecule is CC(CO)(NC(=O)CNC(=O)c1cc2ccccc2[nH]1)c1ccccc1. The molecule has 0 saturated heterocycles. The minimum atomic E-state index is -0.913. The zero-order valence-corrected chi connectivity index (χ0v) is 14.5. The van der Waals surface area contributed by atoms with E-state index in [0.29, 0.717) is 5.69 Å². The fraction of sp³-hybridized carbons (Fsp3) is 0.200. The van der Waals surface area contributed by atoms with E-state index in [-0.39, 0.29) is 25.0 Å². The number of H-pyrrole nitrogens is 1. The highest BCUT2D eigenvalue weighted by Crippen LogP contribution is 2.19. The first kappa shape index (κ1) is 17.7.